The molecule has 0 unspecified atom stereocenters. The number of pyridine rings is 2. The number of amides is 1. The zero-order valence-corrected chi connectivity index (χ0v) is 20.1. The van der Waals surface area contributed by atoms with Crippen molar-refractivity contribution in [3.8, 4) is 22.1 Å². The summed E-state index contributed by atoms with van der Waals surface area (Å²) in [5, 5.41) is 11.4. The molecule has 1 aliphatic rings. The van der Waals surface area contributed by atoms with E-state index in [0.29, 0.717) is 35.4 Å². The fourth-order valence-corrected chi connectivity index (χ4v) is 5.62. The number of sulfone groups is 1. The van der Waals surface area contributed by atoms with Gasteiger partial charge in [-0.3, -0.25) is 15.1 Å². The number of aromatic nitrogens is 4. The van der Waals surface area contributed by atoms with E-state index in [1.807, 2.05) is 6.92 Å². The normalized spacial score (nSPS) is 15.7. The van der Waals surface area contributed by atoms with E-state index in [9.17, 15) is 13.2 Å². The fourth-order valence-electron chi connectivity index (χ4n) is 3.36. The fraction of sp³-hybridized carbons (Fsp3) is 0.350. The summed E-state index contributed by atoms with van der Waals surface area (Å²) >= 11 is 7.14. The largest absolute Gasteiger partial charge is 0.494 e. The first-order chi connectivity index (χ1) is 15.7. The summed E-state index contributed by atoms with van der Waals surface area (Å²) in [7, 11) is -1.48. The van der Waals surface area contributed by atoms with Gasteiger partial charge in [-0.05, 0) is 43.2 Å². The highest BCUT2D eigenvalue weighted by Gasteiger charge is 2.26. The molecule has 0 bridgehead atoms. The molecular formula is C20H20ClN5O5S2. The zero-order chi connectivity index (χ0) is 23.6. The molecule has 1 amide bonds. The Morgan fingerprint density at radius 1 is 1.15 bits per heavy atom. The molecule has 0 saturated carbocycles. The Labute approximate surface area is 199 Å². The summed E-state index contributed by atoms with van der Waals surface area (Å²) in [6.07, 6.45) is 3.51. The molecule has 1 fully saturated rings. The monoisotopic (exact) mass is 509 g/mol. The number of rotatable bonds is 6. The first-order valence-electron chi connectivity index (χ1n) is 9.92. The molecular weight excluding hydrogens is 490 g/mol. The van der Waals surface area contributed by atoms with Crippen molar-refractivity contribution in [3.05, 3.63) is 40.9 Å². The van der Waals surface area contributed by atoms with Crippen molar-refractivity contribution in [1.82, 2.24) is 20.2 Å². The Hall–Kier alpha value is -2.83. The highest BCUT2D eigenvalue weighted by molar-refractivity contribution is 7.91. The smallest absolute Gasteiger partial charge is 0.296 e. The van der Waals surface area contributed by atoms with Gasteiger partial charge in [-0.15, -0.1) is 5.10 Å². The van der Waals surface area contributed by atoms with Crippen LogP contribution in [0, 0.1) is 6.92 Å². The van der Waals surface area contributed by atoms with Crippen molar-refractivity contribution in [1.29, 1.82) is 0 Å². The molecule has 1 saturated heterocycles. The van der Waals surface area contributed by atoms with Crippen molar-refractivity contribution in [2.75, 3.05) is 23.9 Å². The van der Waals surface area contributed by atoms with Gasteiger partial charge in [-0.1, -0.05) is 16.7 Å². The Balaban J connectivity index is 1.53. The van der Waals surface area contributed by atoms with Crippen LogP contribution < -0.4 is 14.8 Å². The maximum atomic E-state index is 13.1. The Bertz CT molecular complexity index is 1280. The Morgan fingerprint density at radius 3 is 2.64 bits per heavy atom. The molecule has 10 nitrogen and oxygen atoms in total. The van der Waals surface area contributed by atoms with Crippen molar-refractivity contribution >= 4 is 43.8 Å². The van der Waals surface area contributed by atoms with E-state index < -0.39 is 15.7 Å². The second kappa shape index (κ2) is 9.57. The molecule has 0 aromatic carbocycles. The summed E-state index contributed by atoms with van der Waals surface area (Å²) in [5.41, 5.74) is 2.17. The number of methoxy groups -OCH3 is 1. The summed E-state index contributed by atoms with van der Waals surface area (Å²) in [6, 6.07) is 3.38. The lowest BCUT2D eigenvalue weighted by molar-refractivity contribution is 0.102. The third kappa shape index (κ3) is 5.57. The van der Waals surface area contributed by atoms with Crippen LogP contribution in [0.1, 0.15) is 28.9 Å². The second-order valence-electron chi connectivity index (χ2n) is 7.37. The van der Waals surface area contributed by atoms with E-state index >= 15 is 0 Å². The number of aryl methyl sites for hydroxylation is 1. The number of ether oxygens (including phenoxy) is 2. The van der Waals surface area contributed by atoms with E-state index in [1.165, 1.54) is 19.5 Å². The molecule has 174 valence electrons. The van der Waals surface area contributed by atoms with Crippen molar-refractivity contribution < 1.29 is 22.7 Å². The zero-order valence-electron chi connectivity index (χ0n) is 17.7. The lowest BCUT2D eigenvalue weighted by Crippen LogP contribution is -2.30. The molecule has 0 radical (unpaired) electrons. The predicted octanol–water partition coefficient (Wildman–Crippen LogP) is 3.17. The van der Waals surface area contributed by atoms with Crippen LogP contribution in [-0.2, 0) is 9.84 Å². The molecule has 0 atom stereocenters. The quantitative estimate of drug-likeness (QED) is 0.497. The average Bonchev–Trinajstić information content (AvgIpc) is 3.21. The number of carbonyl (C=O) groups is 1. The molecule has 1 aliphatic heterocycles. The minimum absolute atomic E-state index is 0.0890. The predicted molar refractivity (Wildman–Crippen MR) is 124 cm³/mol. The summed E-state index contributed by atoms with van der Waals surface area (Å²) < 4.78 is 34.3. The number of halogens is 1. The van der Waals surface area contributed by atoms with Crippen LogP contribution in [0.5, 0.6) is 10.9 Å². The number of carbonyl (C=O) groups excluding carboxylic acids is 1. The van der Waals surface area contributed by atoms with Crippen molar-refractivity contribution in [3.63, 3.8) is 0 Å². The Morgan fingerprint density at radius 2 is 1.91 bits per heavy atom. The molecule has 3 aromatic heterocycles. The number of nitrogens with one attached hydrogen (secondary N) is 1. The molecule has 3 aromatic rings. The Kier molecular flexibility index (Phi) is 6.77. The van der Waals surface area contributed by atoms with Gasteiger partial charge in [0.15, 0.2) is 9.84 Å². The number of hydrogen-bond acceptors (Lipinski definition) is 10. The minimum atomic E-state index is -2.98. The third-order valence-corrected chi connectivity index (χ3v) is 7.68. The minimum Gasteiger partial charge on any atom is -0.494 e. The topological polar surface area (TPSA) is 133 Å². The first kappa shape index (κ1) is 23.3. The van der Waals surface area contributed by atoms with Gasteiger partial charge >= 0.3 is 0 Å². The van der Waals surface area contributed by atoms with Gasteiger partial charge in [0, 0.05) is 23.0 Å². The number of hydrogen-bond donors (Lipinski definition) is 1. The van der Waals surface area contributed by atoms with E-state index in [1.54, 1.807) is 12.1 Å². The molecule has 0 aliphatic carbocycles. The van der Waals surface area contributed by atoms with E-state index in [2.05, 4.69) is 25.5 Å². The van der Waals surface area contributed by atoms with Gasteiger partial charge in [-0.2, -0.15) is 0 Å². The van der Waals surface area contributed by atoms with Crippen LogP contribution in [0.3, 0.4) is 0 Å². The van der Waals surface area contributed by atoms with Gasteiger partial charge < -0.3 is 9.47 Å². The average molecular weight is 510 g/mol. The van der Waals surface area contributed by atoms with Crippen molar-refractivity contribution in [2.24, 2.45) is 0 Å². The van der Waals surface area contributed by atoms with E-state index in [-0.39, 0.29) is 38.7 Å². The van der Waals surface area contributed by atoms with Crippen molar-refractivity contribution in [2.45, 2.75) is 25.9 Å². The highest BCUT2D eigenvalue weighted by atomic mass is 35.5. The van der Waals surface area contributed by atoms with Gasteiger partial charge in [0.1, 0.15) is 17.0 Å². The lowest BCUT2D eigenvalue weighted by atomic mass is 10.0. The van der Waals surface area contributed by atoms with Crippen LogP contribution in [0.4, 0.5) is 5.13 Å². The molecule has 33 heavy (non-hydrogen) atoms. The van der Waals surface area contributed by atoms with Gasteiger partial charge in [0.05, 0.1) is 30.4 Å². The van der Waals surface area contributed by atoms with Gasteiger partial charge in [-0.25, -0.2) is 13.4 Å². The number of anilines is 1. The standard InChI is InChI=1S/C20H20ClN5O5S2/c1-11-7-13(14-8-17(21)23-10-16(14)30-2)15(9-22-11)18(27)24-19-25-26-20(32-19)31-12-3-5-33(28,29)6-4-12/h7-10,12H,3-6H2,1-2H3,(H,24,25,27). The van der Waals surface area contributed by atoms with Gasteiger partial charge in [0.2, 0.25) is 5.13 Å². The van der Waals surface area contributed by atoms with Gasteiger partial charge in [0.25, 0.3) is 11.1 Å². The summed E-state index contributed by atoms with van der Waals surface area (Å²) in [5.74, 6) is 0.191. The molecule has 4 rings (SSSR count). The second-order valence-corrected chi connectivity index (χ2v) is 11.0. The maximum absolute atomic E-state index is 13.1. The third-order valence-electron chi connectivity index (χ3n) is 5.03. The highest BCUT2D eigenvalue weighted by Crippen LogP contribution is 2.34. The van der Waals surface area contributed by atoms with Crippen LogP contribution in [0.2, 0.25) is 5.15 Å². The maximum Gasteiger partial charge on any atom is 0.296 e. The molecule has 13 heteroatoms. The van der Waals surface area contributed by atoms with Crippen LogP contribution >= 0.6 is 22.9 Å². The molecule has 4 heterocycles. The first-order valence-corrected chi connectivity index (χ1v) is 12.9. The van der Waals surface area contributed by atoms with E-state index in [4.69, 9.17) is 21.1 Å². The van der Waals surface area contributed by atoms with Crippen LogP contribution in [-0.4, -0.2) is 59.2 Å². The summed E-state index contributed by atoms with van der Waals surface area (Å²) in [4.78, 5) is 21.3. The van der Waals surface area contributed by atoms with Crippen LogP contribution in [0.15, 0.2) is 24.5 Å². The van der Waals surface area contributed by atoms with E-state index in [0.717, 1.165) is 11.3 Å². The molecule has 1 N–H and O–H groups in total. The van der Waals surface area contributed by atoms with Crippen LogP contribution in [0.25, 0.3) is 11.1 Å². The lowest BCUT2D eigenvalue weighted by Gasteiger charge is -2.21. The SMILES string of the molecule is COc1cnc(Cl)cc1-c1cc(C)ncc1C(=O)Nc1nnc(OC2CCS(=O)(=O)CC2)s1. The summed E-state index contributed by atoms with van der Waals surface area (Å²) in [6.45, 7) is 1.81. The number of nitrogens with zero attached hydrogens (tertiary/aromatic N) is 4. The molecule has 0 spiro atoms.